The van der Waals surface area contributed by atoms with E-state index in [1.54, 1.807) is 17.8 Å². The van der Waals surface area contributed by atoms with Gasteiger partial charge in [-0.25, -0.2) is 14.5 Å². The molecule has 1 saturated carbocycles. The average Bonchev–Trinajstić information content (AvgIpc) is 3.54. The first-order valence-electron chi connectivity index (χ1n) is 11.9. The predicted octanol–water partition coefficient (Wildman–Crippen LogP) is 4.88. The maximum atomic E-state index is 12.6. The van der Waals surface area contributed by atoms with Crippen molar-refractivity contribution in [2.75, 3.05) is 5.32 Å². The second kappa shape index (κ2) is 10.4. The van der Waals surface area contributed by atoms with Crippen molar-refractivity contribution in [2.45, 2.75) is 70.9 Å². The molecule has 0 spiro atoms. The Labute approximate surface area is 213 Å². The summed E-state index contributed by atoms with van der Waals surface area (Å²) in [6.45, 7) is 7.74. The maximum Gasteiger partial charge on any atom is 0.514 e. The van der Waals surface area contributed by atoms with E-state index < -0.39 is 11.1 Å². The van der Waals surface area contributed by atoms with E-state index in [2.05, 4.69) is 10.3 Å². The first kappa shape index (κ1) is 25.9. The first-order chi connectivity index (χ1) is 17.5. The fourth-order valence-corrected chi connectivity index (χ4v) is 4.21. The Balaban J connectivity index is 1.37. The molecule has 0 unspecified atom stereocenters. The lowest BCUT2D eigenvalue weighted by molar-refractivity contribution is -0.384. The molecule has 37 heavy (non-hydrogen) atoms. The average molecular weight is 512 g/mol. The van der Waals surface area contributed by atoms with Gasteiger partial charge in [0.25, 0.3) is 5.69 Å². The van der Waals surface area contributed by atoms with Crippen LogP contribution in [0.5, 0.6) is 5.75 Å². The summed E-state index contributed by atoms with van der Waals surface area (Å²) in [6.07, 6.45) is 2.29. The van der Waals surface area contributed by atoms with Gasteiger partial charge in [-0.3, -0.25) is 14.9 Å². The third-order valence-electron chi connectivity index (χ3n) is 5.93. The van der Waals surface area contributed by atoms with Crippen molar-refractivity contribution >= 4 is 23.6 Å². The lowest BCUT2D eigenvalue weighted by atomic mass is 10.0. The van der Waals surface area contributed by atoms with Gasteiger partial charge in [-0.05, 0) is 59.1 Å². The summed E-state index contributed by atoms with van der Waals surface area (Å²) in [4.78, 5) is 39.2. The minimum atomic E-state index is -0.866. The number of hydrogen-bond acceptors (Lipinski definition) is 9. The van der Waals surface area contributed by atoms with E-state index in [4.69, 9.17) is 19.0 Å². The van der Waals surface area contributed by atoms with E-state index in [-0.39, 0.29) is 41.3 Å². The van der Waals surface area contributed by atoms with Crippen molar-refractivity contribution in [2.24, 2.45) is 0 Å². The van der Waals surface area contributed by atoms with E-state index >= 15 is 0 Å². The Kier molecular flexibility index (Phi) is 7.28. The van der Waals surface area contributed by atoms with Crippen LogP contribution in [0.2, 0.25) is 0 Å². The maximum absolute atomic E-state index is 12.6. The van der Waals surface area contributed by atoms with Gasteiger partial charge in [0.2, 0.25) is 11.8 Å². The molecule has 1 aliphatic carbocycles. The van der Waals surface area contributed by atoms with E-state index in [0.29, 0.717) is 30.3 Å². The molecule has 4 rings (SSSR count). The molecule has 2 heterocycles. The summed E-state index contributed by atoms with van der Waals surface area (Å²) < 4.78 is 17.8. The number of nitrogens with one attached hydrogen (secondary N) is 1. The van der Waals surface area contributed by atoms with Crippen LogP contribution in [0.4, 0.5) is 16.3 Å². The second-order valence-electron chi connectivity index (χ2n) is 9.98. The number of carbonyl (C=O) groups is 2. The van der Waals surface area contributed by atoms with Gasteiger partial charge in [-0.1, -0.05) is 0 Å². The Morgan fingerprint density at radius 3 is 2.59 bits per heavy atom. The quantitative estimate of drug-likeness (QED) is 0.202. The molecule has 196 valence electrons. The van der Waals surface area contributed by atoms with Crippen LogP contribution in [0.15, 0.2) is 40.9 Å². The molecule has 1 N–H and O–H groups in total. The van der Waals surface area contributed by atoms with Crippen molar-refractivity contribution < 1.29 is 28.4 Å². The third kappa shape index (κ3) is 6.51. The number of oxazole rings is 1. The van der Waals surface area contributed by atoms with Gasteiger partial charge in [0.1, 0.15) is 29.9 Å². The summed E-state index contributed by atoms with van der Waals surface area (Å²) >= 11 is 0. The van der Waals surface area contributed by atoms with Crippen LogP contribution in [0.25, 0.3) is 0 Å². The highest BCUT2D eigenvalue weighted by molar-refractivity contribution is 5.91. The number of benzene rings is 1. The summed E-state index contributed by atoms with van der Waals surface area (Å²) in [5.41, 5.74) is 0.313. The minimum Gasteiger partial charge on any atom is -0.445 e. The van der Waals surface area contributed by atoms with Crippen LogP contribution in [0.3, 0.4) is 0 Å². The van der Waals surface area contributed by atoms with Crippen LogP contribution >= 0.6 is 0 Å². The molecule has 12 heteroatoms. The van der Waals surface area contributed by atoms with Gasteiger partial charge in [0, 0.05) is 24.1 Å². The number of ether oxygens (including phenoxy) is 2. The SMILES string of the molecule is Cc1cnc(CC(=O)Nc2cc([C@H]3CC[C@@H](OC(=O)Oc4ccc([N+](=O)[O-])cc4)C3)nn2C(C)(C)C)o1. The fraction of sp³-hybridized carbons (Fsp3) is 0.440. The van der Waals surface area contributed by atoms with Gasteiger partial charge in [-0.15, -0.1) is 0 Å². The van der Waals surface area contributed by atoms with Crippen LogP contribution in [-0.2, 0) is 21.5 Å². The normalized spacial score (nSPS) is 17.4. The number of nitrogens with zero attached hydrogens (tertiary/aromatic N) is 4. The molecule has 12 nitrogen and oxygen atoms in total. The zero-order valence-corrected chi connectivity index (χ0v) is 21.1. The van der Waals surface area contributed by atoms with Crippen molar-refractivity contribution in [3.63, 3.8) is 0 Å². The molecule has 0 aliphatic heterocycles. The summed E-state index contributed by atoms with van der Waals surface area (Å²) in [6, 6.07) is 7.04. The molecule has 3 aromatic rings. The van der Waals surface area contributed by atoms with Crippen LogP contribution < -0.4 is 10.1 Å². The molecular weight excluding hydrogens is 482 g/mol. The number of aromatic nitrogens is 3. The highest BCUT2D eigenvalue weighted by atomic mass is 16.7. The molecule has 0 bridgehead atoms. The monoisotopic (exact) mass is 511 g/mol. The number of rotatable bonds is 7. The van der Waals surface area contributed by atoms with Gasteiger partial charge in [-0.2, -0.15) is 5.10 Å². The summed E-state index contributed by atoms with van der Waals surface area (Å²) in [5.74, 6) is 1.48. The first-order valence-corrected chi connectivity index (χ1v) is 11.9. The smallest absolute Gasteiger partial charge is 0.445 e. The number of amides is 1. The van der Waals surface area contributed by atoms with Crippen molar-refractivity contribution in [1.82, 2.24) is 14.8 Å². The number of anilines is 1. The highest BCUT2D eigenvalue weighted by Gasteiger charge is 2.33. The Hall–Kier alpha value is -4.22. The molecule has 0 radical (unpaired) electrons. The number of nitro groups is 1. The molecule has 1 fully saturated rings. The second-order valence-corrected chi connectivity index (χ2v) is 9.98. The molecule has 1 amide bonds. The van der Waals surface area contributed by atoms with E-state index in [1.165, 1.54) is 24.3 Å². The molecule has 0 saturated heterocycles. The van der Waals surface area contributed by atoms with Crippen molar-refractivity contribution in [3.05, 3.63) is 64.0 Å². The zero-order chi connectivity index (χ0) is 26.7. The fourth-order valence-electron chi connectivity index (χ4n) is 4.21. The van der Waals surface area contributed by atoms with Gasteiger partial charge < -0.3 is 19.2 Å². The van der Waals surface area contributed by atoms with Gasteiger partial charge >= 0.3 is 6.16 Å². The summed E-state index contributed by atoms with van der Waals surface area (Å²) in [7, 11) is 0. The molecule has 2 atom stereocenters. The molecule has 1 aliphatic rings. The van der Waals surface area contributed by atoms with Crippen LogP contribution in [0.1, 0.15) is 63.3 Å². The predicted molar refractivity (Wildman–Crippen MR) is 131 cm³/mol. The Morgan fingerprint density at radius 1 is 1.24 bits per heavy atom. The summed E-state index contributed by atoms with van der Waals surface area (Å²) in [5, 5.41) is 18.4. The van der Waals surface area contributed by atoms with Gasteiger partial charge in [0.15, 0.2) is 0 Å². The number of nitro benzene ring substituents is 1. The Bertz CT molecular complexity index is 1290. The van der Waals surface area contributed by atoms with Crippen LogP contribution in [0, 0.1) is 17.0 Å². The lowest BCUT2D eigenvalue weighted by Crippen LogP contribution is -2.27. The topological polar surface area (TPSA) is 152 Å². The highest BCUT2D eigenvalue weighted by Crippen LogP contribution is 2.37. The van der Waals surface area contributed by atoms with Crippen LogP contribution in [-0.4, -0.2) is 37.9 Å². The zero-order valence-electron chi connectivity index (χ0n) is 21.1. The number of hydrogen-bond donors (Lipinski definition) is 1. The Morgan fingerprint density at radius 2 is 1.97 bits per heavy atom. The van der Waals surface area contributed by atoms with Crippen molar-refractivity contribution in [3.8, 4) is 5.75 Å². The minimum absolute atomic E-state index is 0.00864. The van der Waals surface area contributed by atoms with E-state index in [9.17, 15) is 19.7 Å². The number of aryl methyl sites for hydroxylation is 1. The molecular formula is C25H29N5O7. The molecule has 2 aromatic heterocycles. The van der Waals surface area contributed by atoms with E-state index in [0.717, 1.165) is 12.1 Å². The van der Waals surface area contributed by atoms with Gasteiger partial charge in [0.05, 0.1) is 22.4 Å². The number of non-ortho nitro benzene ring substituents is 1. The van der Waals surface area contributed by atoms with E-state index in [1.807, 2.05) is 26.8 Å². The number of carbonyl (C=O) groups excluding carboxylic acids is 2. The largest absolute Gasteiger partial charge is 0.514 e. The third-order valence-corrected chi connectivity index (χ3v) is 5.93. The standard InChI is InChI=1S/C25H29N5O7/c1-15-14-26-23(35-15)13-22(31)27-21-12-20(28-29(21)25(2,3)4)16-5-8-19(11-16)37-24(32)36-18-9-6-17(7-10-18)30(33)34/h6-7,9-10,12,14,16,19H,5,8,11,13H2,1-4H3,(H,27,31)/t16-,19+/m0/s1. The lowest BCUT2D eigenvalue weighted by Gasteiger charge is -2.22. The molecule has 1 aromatic carbocycles. The van der Waals surface area contributed by atoms with Crippen molar-refractivity contribution in [1.29, 1.82) is 0 Å².